The molecule has 0 saturated heterocycles. The lowest BCUT2D eigenvalue weighted by molar-refractivity contribution is 0.271. The highest BCUT2D eigenvalue weighted by Gasteiger charge is 2.04. The number of hydrogen-bond acceptors (Lipinski definition) is 2. The van der Waals surface area contributed by atoms with Crippen LogP contribution in [0.5, 0.6) is 5.75 Å². The summed E-state index contributed by atoms with van der Waals surface area (Å²) in [5, 5.41) is 3.85. The number of ether oxygens (including phenoxy) is 1. The molecule has 0 aliphatic carbocycles. The molecule has 0 amide bonds. The zero-order valence-corrected chi connectivity index (χ0v) is 9.63. The molecule has 0 spiro atoms. The van der Waals surface area contributed by atoms with Gasteiger partial charge in [-0.15, -0.1) is 6.58 Å². The molecule has 0 heterocycles. The smallest absolute Gasteiger partial charge is 0.120 e. The Morgan fingerprint density at radius 1 is 1.60 bits per heavy atom. The molecule has 1 atom stereocenters. The Kier molecular flexibility index (Phi) is 5.22. The topological polar surface area (TPSA) is 21.3 Å². The maximum atomic E-state index is 5.84. The largest absolute Gasteiger partial charge is 0.492 e. The number of hydrogen-bond donors (Lipinski definition) is 1. The lowest BCUT2D eigenvalue weighted by atomic mass is 10.2. The molecule has 0 fully saturated rings. The van der Waals surface area contributed by atoms with Crippen LogP contribution in [0, 0.1) is 0 Å². The van der Waals surface area contributed by atoms with Gasteiger partial charge in [-0.25, -0.2) is 0 Å². The molecule has 1 aromatic rings. The molecule has 3 heteroatoms. The van der Waals surface area contributed by atoms with Gasteiger partial charge in [-0.05, 0) is 31.7 Å². The Labute approximate surface area is 95.9 Å². The first kappa shape index (κ1) is 12.1. The molecular weight excluding hydrogens is 210 g/mol. The summed E-state index contributed by atoms with van der Waals surface area (Å²) in [4.78, 5) is 0. The SMILES string of the molecule is C=CCC(COc1cccc(Cl)c1)NC. The first-order chi connectivity index (χ1) is 7.26. The van der Waals surface area contributed by atoms with Crippen molar-refractivity contribution in [3.05, 3.63) is 41.9 Å². The lowest BCUT2D eigenvalue weighted by Crippen LogP contribution is -2.31. The second kappa shape index (κ2) is 6.49. The Morgan fingerprint density at radius 3 is 3.00 bits per heavy atom. The third-order valence-electron chi connectivity index (χ3n) is 2.11. The van der Waals surface area contributed by atoms with E-state index < -0.39 is 0 Å². The Balaban J connectivity index is 2.44. The van der Waals surface area contributed by atoms with E-state index >= 15 is 0 Å². The highest BCUT2D eigenvalue weighted by molar-refractivity contribution is 6.30. The molecule has 1 unspecified atom stereocenters. The van der Waals surface area contributed by atoms with Crippen molar-refractivity contribution in [1.29, 1.82) is 0 Å². The monoisotopic (exact) mass is 225 g/mol. The highest BCUT2D eigenvalue weighted by atomic mass is 35.5. The van der Waals surface area contributed by atoms with Crippen molar-refractivity contribution >= 4 is 11.6 Å². The Morgan fingerprint density at radius 2 is 2.40 bits per heavy atom. The van der Waals surface area contributed by atoms with E-state index in [4.69, 9.17) is 16.3 Å². The maximum absolute atomic E-state index is 5.84. The zero-order chi connectivity index (χ0) is 11.1. The van der Waals surface area contributed by atoms with Gasteiger partial charge in [0.25, 0.3) is 0 Å². The van der Waals surface area contributed by atoms with Gasteiger partial charge in [-0.3, -0.25) is 0 Å². The van der Waals surface area contributed by atoms with Gasteiger partial charge < -0.3 is 10.1 Å². The average Bonchev–Trinajstić information content (AvgIpc) is 2.24. The van der Waals surface area contributed by atoms with Crippen LogP contribution in [0.4, 0.5) is 0 Å². The van der Waals surface area contributed by atoms with Crippen molar-refractivity contribution in [3.8, 4) is 5.75 Å². The summed E-state index contributed by atoms with van der Waals surface area (Å²) in [5.74, 6) is 0.798. The van der Waals surface area contributed by atoms with Crippen molar-refractivity contribution in [3.63, 3.8) is 0 Å². The minimum atomic E-state index is 0.293. The van der Waals surface area contributed by atoms with E-state index in [0.717, 1.165) is 12.2 Å². The molecular formula is C12H16ClNO. The van der Waals surface area contributed by atoms with E-state index in [9.17, 15) is 0 Å². The summed E-state index contributed by atoms with van der Waals surface area (Å²) in [6, 6.07) is 7.70. The minimum absolute atomic E-state index is 0.293. The summed E-state index contributed by atoms with van der Waals surface area (Å²) in [6.07, 6.45) is 2.76. The molecule has 0 aliphatic rings. The first-order valence-corrected chi connectivity index (χ1v) is 5.30. The van der Waals surface area contributed by atoms with Crippen molar-refractivity contribution in [1.82, 2.24) is 5.32 Å². The van der Waals surface area contributed by atoms with E-state index in [1.165, 1.54) is 0 Å². The van der Waals surface area contributed by atoms with Crippen LogP contribution in [0.3, 0.4) is 0 Å². The van der Waals surface area contributed by atoms with Crippen LogP contribution in [0.1, 0.15) is 6.42 Å². The van der Waals surface area contributed by atoms with Crippen LogP contribution < -0.4 is 10.1 Å². The number of halogens is 1. The molecule has 2 nitrogen and oxygen atoms in total. The second-order valence-corrected chi connectivity index (χ2v) is 3.71. The average molecular weight is 226 g/mol. The molecule has 1 rings (SSSR count). The third kappa shape index (κ3) is 4.36. The van der Waals surface area contributed by atoms with Gasteiger partial charge in [-0.1, -0.05) is 23.7 Å². The predicted molar refractivity (Wildman–Crippen MR) is 64.6 cm³/mol. The lowest BCUT2D eigenvalue weighted by Gasteiger charge is -2.15. The Hall–Kier alpha value is -0.990. The third-order valence-corrected chi connectivity index (χ3v) is 2.34. The fourth-order valence-electron chi connectivity index (χ4n) is 1.22. The van der Waals surface area contributed by atoms with Crippen LogP contribution in [-0.2, 0) is 0 Å². The summed E-state index contributed by atoms with van der Waals surface area (Å²) >= 11 is 5.84. The summed E-state index contributed by atoms with van der Waals surface area (Å²) < 4.78 is 5.60. The van der Waals surface area contributed by atoms with Crippen molar-refractivity contribution in [2.24, 2.45) is 0 Å². The van der Waals surface area contributed by atoms with Gasteiger partial charge in [0.2, 0.25) is 0 Å². The van der Waals surface area contributed by atoms with Gasteiger partial charge in [0.05, 0.1) is 0 Å². The molecule has 82 valence electrons. The molecule has 0 bridgehead atoms. The van der Waals surface area contributed by atoms with E-state index in [1.54, 1.807) is 0 Å². The van der Waals surface area contributed by atoms with Crippen LogP contribution in [-0.4, -0.2) is 19.7 Å². The molecule has 1 N–H and O–H groups in total. The molecule has 0 aromatic heterocycles. The molecule has 15 heavy (non-hydrogen) atoms. The van der Waals surface area contributed by atoms with Crippen molar-refractivity contribution in [2.45, 2.75) is 12.5 Å². The maximum Gasteiger partial charge on any atom is 0.120 e. The normalized spacial score (nSPS) is 12.1. The Bertz CT molecular complexity index is 314. The summed E-state index contributed by atoms with van der Waals surface area (Å²) in [6.45, 7) is 4.31. The standard InChI is InChI=1S/C12H16ClNO/c1-3-5-11(14-2)9-15-12-7-4-6-10(13)8-12/h3-4,6-8,11,14H,1,5,9H2,2H3. The number of nitrogens with one attached hydrogen (secondary N) is 1. The quantitative estimate of drug-likeness (QED) is 0.752. The minimum Gasteiger partial charge on any atom is -0.492 e. The molecule has 0 radical (unpaired) electrons. The summed E-state index contributed by atoms with van der Waals surface area (Å²) in [5.41, 5.74) is 0. The van der Waals surface area contributed by atoms with Gasteiger partial charge in [0.15, 0.2) is 0 Å². The second-order valence-electron chi connectivity index (χ2n) is 3.28. The van der Waals surface area contributed by atoms with Gasteiger partial charge in [0.1, 0.15) is 12.4 Å². The van der Waals surface area contributed by atoms with Crippen molar-refractivity contribution < 1.29 is 4.74 Å². The summed E-state index contributed by atoms with van der Waals surface area (Å²) in [7, 11) is 1.91. The van der Waals surface area contributed by atoms with E-state index in [2.05, 4.69) is 11.9 Å². The number of rotatable bonds is 6. The zero-order valence-electron chi connectivity index (χ0n) is 8.87. The van der Waals surface area contributed by atoms with Gasteiger partial charge in [0, 0.05) is 11.1 Å². The fourth-order valence-corrected chi connectivity index (χ4v) is 1.40. The van der Waals surface area contributed by atoms with E-state index in [-0.39, 0.29) is 0 Å². The number of benzene rings is 1. The van der Waals surface area contributed by atoms with E-state index in [1.807, 2.05) is 37.4 Å². The van der Waals surface area contributed by atoms with Gasteiger partial charge >= 0.3 is 0 Å². The van der Waals surface area contributed by atoms with Crippen LogP contribution in [0.25, 0.3) is 0 Å². The molecule has 0 saturated carbocycles. The fraction of sp³-hybridized carbons (Fsp3) is 0.333. The highest BCUT2D eigenvalue weighted by Crippen LogP contribution is 2.17. The molecule has 1 aromatic carbocycles. The first-order valence-electron chi connectivity index (χ1n) is 4.92. The molecule has 0 aliphatic heterocycles. The predicted octanol–water partition coefficient (Wildman–Crippen LogP) is 2.88. The number of likely N-dealkylation sites (N-methyl/N-ethyl adjacent to an activating group) is 1. The van der Waals surface area contributed by atoms with Crippen LogP contribution in [0.2, 0.25) is 5.02 Å². The van der Waals surface area contributed by atoms with E-state index in [0.29, 0.717) is 17.7 Å². The van der Waals surface area contributed by atoms with Gasteiger partial charge in [-0.2, -0.15) is 0 Å². The van der Waals surface area contributed by atoms with Crippen molar-refractivity contribution in [2.75, 3.05) is 13.7 Å². The van der Waals surface area contributed by atoms with Crippen LogP contribution >= 0.6 is 11.6 Å². The van der Waals surface area contributed by atoms with Crippen LogP contribution in [0.15, 0.2) is 36.9 Å².